The van der Waals surface area contributed by atoms with Crippen LogP contribution in [0.2, 0.25) is 0 Å². The van der Waals surface area contributed by atoms with Crippen molar-refractivity contribution in [1.29, 1.82) is 0 Å². The van der Waals surface area contributed by atoms with Gasteiger partial charge >= 0.3 is 6.18 Å². The summed E-state index contributed by atoms with van der Waals surface area (Å²) in [6.45, 7) is 0.323. The molecule has 5 nitrogen and oxygen atoms in total. The summed E-state index contributed by atoms with van der Waals surface area (Å²) in [4.78, 5) is 22.6. The second-order valence-electron chi connectivity index (χ2n) is 5.87. The highest BCUT2D eigenvalue weighted by molar-refractivity contribution is 5.97. The molecule has 0 aliphatic carbocycles. The van der Waals surface area contributed by atoms with Crippen LogP contribution in [0.3, 0.4) is 0 Å². The van der Waals surface area contributed by atoms with E-state index in [4.69, 9.17) is 0 Å². The van der Waals surface area contributed by atoms with E-state index in [1.54, 1.807) is 19.2 Å². The summed E-state index contributed by atoms with van der Waals surface area (Å²) in [7, 11) is 0. The zero-order chi connectivity index (χ0) is 18.9. The largest absolute Gasteiger partial charge is 0.406 e. The highest BCUT2D eigenvalue weighted by Crippen LogP contribution is 2.30. The summed E-state index contributed by atoms with van der Waals surface area (Å²) in [5.41, 5.74) is 1.03. The molecule has 3 aromatic heterocycles. The molecular weight excluding hydrogens is 352 g/mol. The average molecular weight is 368 g/mol. The summed E-state index contributed by atoms with van der Waals surface area (Å²) in [5, 5.41) is 0.517. The Morgan fingerprint density at radius 3 is 2.77 bits per heavy atom. The van der Waals surface area contributed by atoms with Crippen molar-refractivity contribution < 1.29 is 22.4 Å². The lowest BCUT2D eigenvalue weighted by molar-refractivity contribution is -0.140. The zero-order valence-electron chi connectivity index (χ0n) is 13.8. The first-order valence-electron chi connectivity index (χ1n) is 7.96. The molecule has 0 atom stereocenters. The Hall–Kier alpha value is -2.84. The molecule has 0 saturated carbocycles. The number of nitrogens with zero attached hydrogens (tertiary/aromatic N) is 2. The summed E-state index contributed by atoms with van der Waals surface area (Å²) < 4.78 is 52.4. The Morgan fingerprint density at radius 2 is 2.08 bits per heavy atom. The van der Waals surface area contributed by atoms with Gasteiger partial charge in [0.1, 0.15) is 23.7 Å². The van der Waals surface area contributed by atoms with Crippen LogP contribution in [0.15, 0.2) is 30.7 Å². The molecule has 0 fully saturated rings. The van der Waals surface area contributed by atoms with Gasteiger partial charge in [0.2, 0.25) is 0 Å². The second-order valence-corrected chi connectivity index (χ2v) is 5.87. The smallest absolute Gasteiger partial charge is 0.357 e. The van der Waals surface area contributed by atoms with Gasteiger partial charge in [-0.05, 0) is 18.6 Å². The van der Waals surface area contributed by atoms with Crippen molar-refractivity contribution in [3.63, 3.8) is 0 Å². The molecule has 138 valence electrons. The Kier molecular flexibility index (Phi) is 4.71. The first-order valence-corrected chi connectivity index (χ1v) is 7.96. The van der Waals surface area contributed by atoms with E-state index in [1.165, 1.54) is 12.3 Å². The lowest BCUT2D eigenvalue weighted by atomic mass is 10.1. The van der Waals surface area contributed by atoms with Gasteiger partial charge in [0.25, 0.3) is 5.91 Å². The third-order valence-electron chi connectivity index (χ3n) is 3.89. The molecule has 0 spiro atoms. The number of amides is 1. The van der Waals surface area contributed by atoms with E-state index in [9.17, 15) is 22.4 Å². The van der Waals surface area contributed by atoms with E-state index in [0.29, 0.717) is 23.0 Å². The number of hydrogen-bond donors (Lipinski definition) is 2. The third kappa shape index (κ3) is 3.56. The Bertz CT molecular complexity index is 928. The molecule has 1 amide bonds. The molecule has 9 heteroatoms. The van der Waals surface area contributed by atoms with Gasteiger partial charge < -0.3 is 14.9 Å². The summed E-state index contributed by atoms with van der Waals surface area (Å²) in [6, 6.07) is 2.99. The van der Waals surface area contributed by atoms with Crippen molar-refractivity contribution in [3.8, 4) is 11.1 Å². The van der Waals surface area contributed by atoms with Gasteiger partial charge in [-0.15, -0.1) is 0 Å². The number of aromatic nitrogens is 3. The highest BCUT2D eigenvalue weighted by atomic mass is 19.4. The predicted molar refractivity (Wildman–Crippen MR) is 88.1 cm³/mol. The van der Waals surface area contributed by atoms with E-state index < -0.39 is 24.4 Å². The molecule has 0 saturated heterocycles. The maximum absolute atomic E-state index is 14.3. The molecule has 0 radical (unpaired) electrons. The van der Waals surface area contributed by atoms with Crippen LogP contribution in [-0.4, -0.2) is 45.0 Å². The number of carbonyl (C=O) groups excluding carboxylic acids is 1. The number of hydrogen-bond acceptors (Lipinski definition) is 2. The molecule has 0 aromatic carbocycles. The first-order chi connectivity index (χ1) is 12.3. The van der Waals surface area contributed by atoms with Gasteiger partial charge in [-0.1, -0.05) is 6.92 Å². The van der Waals surface area contributed by atoms with Crippen molar-refractivity contribution >= 4 is 16.9 Å². The molecule has 0 bridgehead atoms. The number of fused-ring (bicyclic) bond motifs is 1. The van der Waals surface area contributed by atoms with Gasteiger partial charge in [0, 0.05) is 35.5 Å². The maximum Gasteiger partial charge on any atom is 0.406 e. The number of rotatable bonds is 5. The van der Waals surface area contributed by atoms with Crippen LogP contribution < -0.4 is 0 Å². The van der Waals surface area contributed by atoms with Crippen LogP contribution in [0, 0.1) is 5.82 Å². The van der Waals surface area contributed by atoms with E-state index in [2.05, 4.69) is 15.0 Å². The summed E-state index contributed by atoms with van der Waals surface area (Å²) >= 11 is 0. The summed E-state index contributed by atoms with van der Waals surface area (Å²) in [5.74, 6) is -1.37. The van der Waals surface area contributed by atoms with E-state index in [1.807, 2.05) is 0 Å². The number of H-pyrrole nitrogens is 2. The number of carbonyl (C=O) groups is 1. The number of aromatic amines is 2. The lowest BCUT2D eigenvalue weighted by Gasteiger charge is -2.22. The maximum atomic E-state index is 14.3. The standard InChI is InChI=1S/C17H16F4N4O/c1-2-5-25(9-17(19,20)21)16(26)13-6-10(7-23-13)14-11-3-4-22-15(11)24-8-12(14)18/h3-4,6-8,23H,2,5,9H2,1H3,(H,22,24). The van der Waals surface area contributed by atoms with Gasteiger partial charge in [-0.2, -0.15) is 13.2 Å². The van der Waals surface area contributed by atoms with Gasteiger partial charge in [0.05, 0.1) is 6.20 Å². The van der Waals surface area contributed by atoms with Crippen LogP contribution in [0.5, 0.6) is 0 Å². The molecule has 0 unspecified atom stereocenters. The minimum Gasteiger partial charge on any atom is -0.357 e. The summed E-state index contributed by atoms with van der Waals surface area (Å²) in [6.07, 6.45) is -0.0514. The second kappa shape index (κ2) is 6.81. The van der Waals surface area contributed by atoms with Crippen LogP contribution in [0.4, 0.5) is 17.6 Å². The molecule has 0 aliphatic heterocycles. The monoisotopic (exact) mass is 368 g/mol. The minimum atomic E-state index is -4.49. The van der Waals surface area contributed by atoms with Crippen LogP contribution >= 0.6 is 0 Å². The first kappa shape index (κ1) is 18.0. The fraction of sp³-hybridized carbons (Fsp3) is 0.294. The normalized spacial score (nSPS) is 11.9. The van der Waals surface area contributed by atoms with Crippen molar-refractivity contribution in [2.75, 3.05) is 13.1 Å². The third-order valence-corrected chi connectivity index (χ3v) is 3.89. The van der Waals surface area contributed by atoms with Crippen molar-refractivity contribution in [3.05, 3.63) is 42.2 Å². The van der Waals surface area contributed by atoms with Gasteiger partial charge in [0.15, 0.2) is 0 Å². The van der Waals surface area contributed by atoms with Crippen molar-refractivity contribution in [2.24, 2.45) is 0 Å². The number of alkyl halides is 3. The Labute approximate surface area is 146 Å². The number of pyridine rings is 1. The van der Waals surface area contributed by atoms with E-state index in [-0.39, 0.29) is 17.8 Å². The van der Waals surface area contributed by atoms with Crippen molar-refractivity contribution in [1.82, 2.24) is 19.9 Å². The quantitative estimate of drug-likeness (QED) is 0.666. The Balaban J connectivity index is 1.94. The SMILES string of the molecule is CCCN(CC(F)(F)F)C(=O)c1cc(-c2c(F)cnc3[nH]ccc23)c[nH]1. The minimum absolute atomic E-state index is 0.0294. The number of nitrogens with one attached hydrogen (secondary N) is 2. The fourth-order valence-corrected chi connectivity index (χ4v) is 2.85. The van der Waals surface area contributed by atoms with E-state index >= 15 is 0 Å². The molecule has 3 rings (SSSR count). The molecule has 3 aromatic rings. The lowest BCUT2D eigenvalue weighted by Crippen LogP contribution is -2.39. The molecule has 0 aliphatic rings. The average Bonchev–Trinajstić information content (AvgIpc) is 3.21. The molecule has 26 heavy (non-hydrogen) atoms. The highest BCUT2D eigenvalue weighted by Gasteiger charge is 2.33. The van der Waals surface area contributed by atoms with Crippen molar-refractivity contribution in [2.45, 2.75) is 19.5 Å². The molecule has 3 heterocycles. The number of halogens is 4. The fourth-order valence-electron chi connectivity index (χ4n) is 2.85. The molecule has 2 N–H and O–H groups in total. The van der Waals surface area contributed by atoms with Crippen LogP contribution in [0.25, 0.3) is 22.2 Å². The van der Waals surface area contributed by atoms with E-state index in [0.717, 1.165) is 11.1 Å². The zero-order valence-corrected chi connectivity index (χ0v) is 13.8. The predicted octanol–water partition coefficient (Wildman–Crippen LogP) is 4.11. The van der Waals surface area contributed by atoms with Crippen LogP contribution in [0.1, 0.15) is 23.8 Å². The Morgan fingerprint density at radius 1 is 1.31 bits per heavy atom. The molecular formula is C17H16F4N4O. The van der Waals surface area contributed by atoms with Gasteiger partial charge in [-0.25, -0.2) is 9.37 Å². The topological polar surface area (TPSA) is 64.8 Å². The van der Waals surface area contributed by atoms with Crippen LogP contribution in [-0.2, 0) is 0 Å². The van der Waals surface area contributed by atoms with Gasteiger partial charge in [-0.3, -0.25) is 4.79 Å².